The second-order valence-electron chi connectivity index (χ2n) is 21.5. The number of fused-ring (bicyclic) bond motifs is 24. The van der Waals surface area contributed by atoms with E-state index in [-0.39, 0.29) is 0 Å². The standard InChI is InChI=1S/C74H37N5O3S/c1-76-67-71(77-53-26-9-2-17-40(53)44-33-36-59-64(68(44)77)48-21-5-12-29-56(48)80-59)52(39-75)63(51-25-16-24-47-43-20-8-15-32-62(43)83-74(47)51)72(78-54-27-10-3-18-41(54)45-34-37-60-65(69(45)78)49-22-6-13-30-57(49)81-60)73(67)79-55-28-11-4-19-42(55)46-35-38-61-66(70(46)79)50-23-7-14-31-58(50)82-61/h2-38H. The largest absolute Gasteiger partial charge is 0.456 e. The van der Waals surface area contributed by atoms with Crippen LogP contribution in [0.15, 0.2) is 238 Å². The van der Waals surface area contributed by atoms with Crippen LogP contribution in [0.2, 0.25) is 0 Å². The molecule has 7 aromatic heterocycles. The van der Waals surface area contributed by atoms with Crippen LogP contribution in [0, 0.1) is 17.9 Å². The van der Waals surface area contributed by atoms with Gasteiger partial charge in [-0.15, -0.1) is 11.3 Å². The van der Waals surface area contributed by atoms with Gasteiger partial charge in [0.15, 0.2) is 0 Å². The Balaban J connectivity index is 1.16. The topological polar surface area (TPSA) is 82.4 Å². The van der Waals surface area contributed by atoms with Gasteiger partial charge in [0.2, 0.25) is 5.69 Å². The van der Waals surface area contributed by atoms with E-state index in [9.17, 15) is 11.8 Å². The summed E-state index contributed by atoms with van der Waals surface area (Å²) in [5.74, 6) is 0. The fraction of sp³-hybridized carbons (Fsp3) is 0. The Kier molecular flexibility index (Phi) is 8.66. The van der Waals surface area contributed by atoms with Crippen molar-refractivity contribution in [2.45, 2.75) is 0 Å². The summed E-state index contributed by atoms with van der Waals surface area (Å²) in [5, 5.41) is 26.6. The summed E-state index contributed by atoms with van der Waals surface area (Å²) < 4.78 is 29.4. The molecule has 8 nitrogen and oxygen atoms in total. The summed E-state index contributed by atoms with van der Waals surface area (Å²) in [4.78, 5) is 4.92. The molecular formula is C74H37N5O3S. The Hall–Kier alpha value is -11.4. The highest BCUT2D eigenvalue weighted by atomic mass is 32.1. The molecule has 0 N–H and O–H groups in total. The highest BCUT2D eigenvalue weighted by Gasteiger charge is 2.36. The van der Waals surface area contributed by atoms with Gasteiger partial charge in [0, 0.05) is 79.8 Å². The lowest BCUT2D eigenvalue weighted by atomic mass is 9.92. The monoisotopic (exact) mass is 1080 g/mol. The minimum absolute atomic E-state index is 0.291. The molecule has 0 aliphatic rings. The number of hydrogen-bond acceptors (Lipinski definition) is 5. The summed E-state index contributed by atoms with van der Waals surface area (Å²) in [5.41, 5.74) is 13.6. The first-order valence-corrected chi connectivity index (χ1v) is 28.4. The van der Waals surface area contributed by atoms with Gasteiger partial charge in [0.05, 0.1) is 78.5 Å². The molecular weight excluding hydrogens is 1040 g/mol. The van der Waals surface area contributed by atoms with E-state index in [1.807, 2.05) is 48.5 Å². The molecule has 0 fully saturated rings. The summed E-state index contributed by atoms with van der Waals surface area (Å²) in [7, 11) is 0. The zero-order chi connectivity index (χ0) is 54.3. The molecule has 0 aliphatic heterocycles. The van der Waals surface area contributed by atoms with Crippen LogP contribution in [0.1, 0.15) is 5.56 Å². The predicted octanol–water partition coefficient (Wildman–Crippen LogP) is 21.1. The van der Waals surface area contributed by atoms with Gasteiger partial charge in [-0.2, -0.15) is 5.26 Å². The van der Waals surface area contributed by atoms with Gasteiger partial charge in [-0.3, -0.25) is 0 Å². The molecule has 12 aromatic carbocycles. The fourth-order valence-corrected chi connectivity index (χ4v) is 15.5. The Labute approximate surface area is 473 Å². The van der Waals surface area contributed by atoms with Crippen molar-refractivity contribution in [3.05, 3.63) is 241 Å². The number of nitriles is 1. The number of nitrogens with zero attached hydrogens (tertiary/aromatic N) is 5. The minimum Gasteiger partial charge on any atom is -0.456 e. The molecule has 382 valence electrons. The van der Waals surface area contributed by atoms with E-state index in [4.69, 9.17) is 18.1 Å². The SMILES string of the molecule is [C-]#[N+]c1c(-n2c3ccccc3c3ccc4oc5ccccc5c4c32)c(C#N)c(-c2cccc3c2sc2ccccc23)c(-n2c3ccccc3c3ccc4oc5ccccc5c4c32)c1-n1c2ccccc2c2ccc3oc4ccccc4c3c21. The van der Waals surface area contributed by atoms with E-state index in [1.54, 1.807) is 11.3 Å². The van der Waals surface area contributed by atoms with Crippen molar-refractivity contribution < 1.29 is 13.3 Å². The molecule has 0 aliphatic carbocycles. The molecule has 0 saturated heterocycles. The van der Waals surface area contributed by atoms with Crippen molar-refractivity contribution in [3.8, 4) is 34.3 Å². The van der Waals surface area contributed by atoms with Crippen LogP contribution in [0.25, 0.3) is 184 Å². The van der Waals surface area contributed by atoms with Gasteiger partial charge < -0.3 is 27.0 Å². The van der Waals surface area contributed by atoms with Crippen molar-refractivity contribution in [1.82, 2.24) is 13.7 Å². The number of hydrogen-bond donors (Lipinski definition) is 0. The second kappa shape index (κ2) is 16.2. The van der Waals surface area contributed by atoms with Crippen molar-refractivity contribution >= 4 is 168 Å². The van der Waals surface area contributed by atoms with Crippen LogP contribution >= 0.6 is 11.3 Å². The third-order valence-electron chi connectivity index (χ3n) is 17.5. The van der Waals surface area contributed by atoms with Crippen LogP contribution in [0.3, 0.4) is 0 Å². The molecule has 7 heterocycles. The van der Waals surface area contributed by atoms with E-state index in [1.165, 1.54) is 0 Å². The van der Waals surface area contributed by atoms with E-state index in [2.05, 4.69) is 196 Å². The molecule has 0 unspecified atom stereocenters. The van der Waals surface area contributed by atoms with Gasteiger partial charge in [-0.1, -0.05) is 146 Å². The molecule has 19 rings (SSSR count). The predicted molar refractivity (Wildman–Crippen MR) is 341 cm³/mol. The molecule has 0 bridgehead atoms. The number of rotatable bonds is 4. The Morgan fingerprint density at radius 2 is 0.759 bits per heavy atom. The van der Waals surface area contributed by atoms with Crippen molar-refractivity contribution in [3.63, 3.8) is 0 Å². The van der Waals surface area contributed by atoms with E-state index in [0.29, 0.717) is 39.5 Å². The molecule has 83 heavy (non-hydrogen) atoms. The van der Waals surface area contributed by atoms with E-state index >= 15 is 0 Å². The maximum atomic E-state index is 12.9. The van der Waals surface area contributed by atoms with Crippen molar-refractivity contribution in [2.75, 3.05) is 0 Å². The van der Waals surface area contributed by atoms with Crippen LogP contribution in [0.5, 0.6) is 0 Å². The molecule has 0 amide bonds. The number of para-hydroxylation sites is 6. The van der Waals surface area contributed by atoms with Gasteiger partial charge >= 0.3 is 0 Å². The molecule has 9 heteroatoms. The average Bonchev–Trinajstić information content (AvgIpc) is 1.77. The van der Waals surface area contributed by atoms with E-state index < -0.39 is 0 Å². The Bertz CT molecular complexity index is 6240. The highest BCUT2D eigenvalue weighted by Crippen LogP contribution is 2.56. The molecule has 0 atom stereocenters. The zero-order valence-electron chi connectivity index (χ0n) is 43.7. The third-order valence-corrected chi connectivity index (χ3v) is 18.7. The Morgan fingerprint density at radius 1 is 0.361 bits per heavy atom. The number of benzene rings is 12. The average molecular weight is 1080 g/mol. The molecule has 19 aromatic rings. The first-order chi connectivity index (χ1) is 41.1. The third kappa shape index (κ3) is 5.65. The first-order valence-electron chi connectivity index (χ1n) is 27.6. The van der Waals surface area contributed by atoms with Crippen LogP contribution in [-0.4, -0.2) is 13.7 Å². The molecule has 0 saturated carbocycles. The van der Waals surface area contributed by atoms with Gasteiger partial charge in [0.25, 0.3) is 0 Å². The van der Waals surface area contributed by atoms with Crippen LogP contribution in [-0.2, 0) is 0 Å². The van der Waals surface area contributed by atoms with Gasteiger partial charge in [-0.25, -0.2) is 4.85 Å². The normalized spacial score (nSPS) is 12.3. The van der Waals surface area contributed by atoms with Gasteiger partial charge in [-0.05, 0) is 78.9 Å². The summed E-state index contributed by atoms with van der Waals surface area (Å²) in [6.07, 6.45) is 0. The number of furan rings is 3. The van der Waals surface area contributed by atoms with Crippen LogP contribution < -0.4 is 0 Å². The minimum atomic E-state index is 0.291. The lowest BCUT2D eigenvalue weighted by molar-refractivity contribution is 0.669. The summed E-state index contributed by atoms with van der Waals surface area (Å²) in [6, 6.07) is 80.7. The number of aromatic nitrogens is 3. The zero-order valence-corrected chi connectivity index (χ0v) is 44.5. The maximum Gasteiger partial charge on any atom is 0.237 e. The lowest BCUT2D eigenvalue weighted by Crippen LogP contribution is -2.12. The van der Waals surface area contributed by atoms with E-state index in [0.717, 1.165) is 151 Å². The lowest BCUT2D eigenvalue weighted by Gasteiger charge is -2.27. The summed E-state index contributed by atoms with van der Waals surface area (Å²) in [6.45, 7) is 10.1. The molecule has 0 radical (unpaired) electrons. The highest BCUT2D eigenvalue weighted by molar-refractivity contribution is 7.26. The first kappa shape index (κ1) is 44.5. The Morgan fingerprint density at radius 3 is 1.23 bits per heavy atom. The second-order valence-corrected chi connectivity index (χ2v) is 22.6. The quantitative estimate of drug-likeness (QED) is 0.164. The smallest absolute Gasteiger partial charge is 0.237 e. The maximum absolute atomic E-state index is 12.9. The van der Waals surface area contributed by atoms with Crippen LogP contribution in [0.4, 0.5) is 5.69 Å². The summed E-state index contributed by atoms with van der Waals surface area (Å²) >= 11 is 1.72. The number of thiophene rings is 1. The molecule has 0 spiro atoms. The van der Waals surface area contributed by atoms with Gasteiger partial charge in [0.1, 0.15) is 39.6 Å². The fourth-order valence-electron chi connectivity index (χ4n) is 14.3. The van der Waals surface area contributed by atoms with Crippen molar-refractivity contribution in [1.29, 1.82) is 5.26 Å². The van der Waals surface area contributed by atoms with Crippen molar-refractivity contribution in [2.24, 2.45) is 0 Å².